The van der Waals surface area contributed by atoms with E-state index >= 15 is 0 Å². The smallest absolute Gasteiger partial charge is 0.321 e. The molecular weight excluding hydrogens is 332 g/mol. The molecule has 4 N–H and O–H groups in total. The SMILES string of the molecule is CCOC1CC(N)(C(=O)Nc2cccc(N3CCCNC3=O)c2)C1(C)C. The van der Waals surface area contributed by atoms with Gasteiger partial charge in [-0.1, -0.05) is 19.9 Å². The van der Waals surface area contributed by atoms with E-state index < -0.39 is 11.0 Å². The fourth-order valence-corrected chi connectivity index (χ4v) is 3.69. The van der Waals surface area contributed by atoms with E-state index in [4.69, 9.17) is 10.5 Å². The number of benzene rings is 1. The van der Waals surface area contributed by atoms with Crippen LogP contribution >= 0.6 is 0 Å². The molecule has 2 fully saturated rings. The maximum absolute atomic E-state index is 12.8. The first-order chi connectivity index (χ1) is 12.3. The van der Waals surface area contributed by atoms with E-state index in [0.717, 1.165) is 12.1 Å². The van der Waals surface area contributed by atoms with Gasteiger partial charge in [0.05, 0.1) is 6.10 Å². The molecule has 0 radical (unpaired) electrons. The van der Waals surface area contributed by atoms with Crippen LogP contribution in [0.4, 0.5) is 16.2 Å². The molecule has 142 valence electrons. The summed E-state index contributed by atoms with van der Waals surface area (Å²) in [5.74, 6) is -0.223. The van der Waals surface area contributed by atoms with E-state index in [2.05, 4.69) is 10.6 Å². The van der Waals surface area contributed by atoms with Gasteiger partial charge >= 0.3 is 6.03 Å². The quantitative estimate of drug-likeness (QED) is 0.749. The van der Waals surface area contributed by atoms with Crippen molar-refractivity contribution in [3.05, 3.63) is 24.3 Å². The number of rotatable bonds is 5. The minimum absolute atomic E-state index is 0.0216. The Hall–Kier alpha value is -2.12. The molecule has 26 heavy (non-hydrogen) atoms. The Kier molecular flexibility index (Phi) is 4.94. The third kappa shape index (κ3) is 3.05. The van der Waals surface area contributed by atoms with E-state index in [0.29, 0.717) is 31.8 Å². The van der Waals surface area contributed by atoms with Crippen LogP contribution in [0.15, 0.2) is 24.3 Å². The molecular formula is C19H28N4O3. The number of carbonyl (C=O) groups excluding carboxylic acids is 2. The van der Waals surface area contributed by atoms with Gasteiger partial charge in [0.15, 0.2) is 0 Å². The van der Waals surface area contributed by atoms with E-state index in [1.54, 1.807) is 17.0 Å². The van der Waals surface area contributed by atoms with Crippen LogP contribution in [-0.2, 0) is 9.53 Å². The predicted octanol–water partition coefficient (Wildman–Crippen LogP) is 2.08. The Morgan fingerprint density at radius 3 is 2.88 bits per heavy atom. The molecule has 2 unspecified atom stereocenters. The molecule has 0 aromatic heterocycles. The molecule has 1 aromatic rings. The number of nitrogens with one attached hydrogen (secondary N) is 2. The summed E-state index contributed by atoms with van der Waals surface area (Å²) in [5, 5.41) is 5.75. The zero-order valence-corrected chi connectivity index (χ0v) is 15.7. The van der Waals surface area contributed by atoms with Crippen LogP contribution in [0.5, 0.6) is 0 Å². The largest absolute Gasteiger partial charge is 0.378 e. The Bertz CT molecular complexity index is 706. The van der Waals surface area contributed by atoms with Crippen molar-refractivity contribution in [3.8, 4) is 0 Å². The number of nitrogens with two attached hydrogens (primary N) is 1. The standard InChI is InChI=1S/C19H28N4O3/c1-4-26-15-12-19(20,18(15,2)3)16(24)22-13-7-5-8-14(11-13)23-10-6-9-21-17(23)25/h5,7-8,11,15H,4,6,9-10,12,20H2,1-3H3,(H,21,25)(H,22,24). The minimum atomic E-state index is -0.981. The summed E-state index contributed by atoms with van der Waals surface area (Å²) in [5.41, 5.74) is 6.39. The molecule has 1 aliphatic heterocycles. The molecule has 1 saturated carbocycles. The van der Waals surface area contributed by atoms with Crippen LogP contribution in [0.1, 0.15) is 33.6 Å². The van der Waals surface area contributed by atoms with Crippen molar-refractivity contribution in [1.82, 2.24) is 5.32 Å². The Morgan fingerprint density at radius 1 is 1.46 bits per heavy atom. The summed E-state index contributed by atoms with van der Waals surface area (Å²) in [6.07, 6.45) is 1.36. The number of ether oxygens (including phenoxy) is 1. The predicted molar refractivity (Wildman–Crippen MR) is 101 cm³/mol. The average Bonchev–Trinajstić information content (AvgIpc) is 2.62. The monoisotopic (exact) mass is 360 g/mol. The van der Waals surface area contributed by atoms with Crippen molar-refractivity contribution < 1.29 is 14.3 Å². The van der Waals surface area contributed by atoms with Crippen molar-refractivity contribution >= 4 is 23.3 Å². The molecule has 1 heterocycles. The highest BCUT2D eigenvalue weighted by molar-refractivity contribution is 6.00. The van der Waals surface area contributed by atoms with Crippen LogP contribution in [0, 0.1) is 5.41 Å². The first kappa shape index (κ1) is 18.7. The Labute approximate surface area is 154 Å². The molecule has 1 saturated heterocycles. The second kappa shape index (κ2) is 6.89. The molecule has 1 aliphatic carbocycles. The highest BCUT2D eigenvalue weighted by Crippen LogP contribution is 2.50. The second-order valence-corrected chi connectivity index (χ2v) is 7.58. The molecule has 0 bridgehead atoms. The highest BCUT2D eigenvalue weighted by atomic mass is 16.5. The first-order valence-corrected chi connectivity index (χ1v) is 9.17. The van der Waals surface area contributed by atoms with Crippen molar-refractivity contribution in [3.63, 3.8) is 0 Å². The summed E-state index contributed by atoms with van der Waals surface area (Å²) in [7, 11) is 0. The number of hydrogen-bond donors (Lipinski definition) is 3. The summed E-state index contributed by atoms with van der Waals surface area (Å²) < 4.78 is 5.69. The van der Waals surface area contributed by atoms with E-state index in [9.17, 15) is 9.59 Å². The first-order valence-electron chi connectivity index (χ1n) is 9.17. The summed E-state index contributed by atoms with van der Waals surface area (Å²) in [6, 6.07) is 7.17. The summed E-state index contributed by atoms with van der Waals surface area (Å²) in [6.45, 7) is 7.82. The fraction of sp³-hybridized carbons (Fsp3) is 0.579. The highest BCUT2D eigenvalue weighted by Gasteiger charge is 2.62. The Morgan fingerprint density at radius 2 is 2.23 bits per heavy atom. The van der Waals surface area contributed by atoms with E-state index in [-0.39, 0.29) is 18.0 Å². The topological polar surface area (TPSA) is 96.7 Å². The van der Waals surface area contributed by atoms with Crippen molar-refractivity contribution in [2.45, 2.75) is 45.3 Å². The molecule has 0 spiro atoms. The second-order valence-electron chi connectivity index (χ2n) is 7.58. The van der Waals surface area contributed by atoms with Crippen LogP contribution in [0.3, 0.4) is 0 Å². The van der Waals surface area contributed by atoms with E-state index in [1.165, 1.54) is 0 Å². The van der Waals surface area contributed by atoms with Crippen molar-refractivity contribution in [2.75, 3.05) is 29.9 Å². The lowest BCUT2D eigenvalue weighted by atomic mass is 9.54. The van der Waals surface area contributed by atoms with Crippen LogP contribution in [-0.4, -0.2) is 43.3 Å². The van der Waals surface area contributed by atoms with Gasteiger partial charge in [-0.05, 0) is 31.5 Å². The molecule has 3 amide bonds. The normalized spacial score (nSPS) is 27.5. The lowest BCUT2D eigenvalue weighted by Crippen LogP contribution is -2.74. The number of hydrogen-bond acceptors (Lipinski definition) is 4. The average molecular weight is 360 g/mol. The Balaban J connectivity index is 1.72. The number of carbonyl (C=O) groups is 2. The molecule has 2 aliphatic rings. The van der Waals surface area contributed by atoms with Crippen LogP contribution < -0.4 is 21.3 Å². The number of anilines is 2. The molecule has 7 nitrogen and oxygen atoms in total. The lowest BCUT2D eigenvalue weighted by molar-refractivity contribution is -0.166. The maximum Gasteiger partial charge on any atom is 0.321 e. The van der Waals surface area contributed by atoms with Gasteiger partial charge in [0.2, 0.25) is 5.91 Å². The van der Waals surface area contributed by atoms with Gasteiger partial charge in [0, 0.05) is 42.9 Å². The number of amides is 3. The summed E-state index contributed by atoms with van der Waals surface area (Å²) in [4.78, 5) is 26.5. The van der Waals surface area contributed by atoms with Crippen LogP contribution in [0.25, 0.3) is 0 Å². The van der Waals surface area contributed by atoms with Crippen LogP contribution in [0.2, 0.25) is 0 Å². The molecule has 1 aromatic carbocycles. The molecule has 3 rings (SSSR count). The zero-order valence-electron chi connectivity index (χ0n) is 15.7. The molecule has 7 heteroatoms. The van der Waals surface area contributed by atoms with Gasteiger partial charge in [-0.25, -0.2) is 4.79 Å². The van der Waals surface area contributed by atoms with Crippen molar-refractivity contribution in [2.24, 2.45) is 11.1 Å². The van der Waals surface area contributed by atoms with Gasteiger partial charge in [-0.15, -0.1) is 0 Å². The minimum Gasteiger partial charge on any atom is -0.378 e. The van der Waals surface area contributed by atoms with Gasteiger partial charge in [0.25, 0.3) is 0 Å². The number of nitrogens with zero attached hydrogens (tertiary/aromatic N) is 1. The molecule has 2 atom stereocenters. The van der Waals surface area contributed by atoms with Crippen molar-refractivity contribution in [1.29, 1.82) is 0 Å². The number of urea groups is 1. The zero-order chi connectivity index (χ0) is 18.9. The van der Waals surface area contributed by atoms with Gasteiger partial charge in [0.1, 0.15) is 5.54 Å². The third-order valence-electron chi connectivity index (χ3n) is 5.73. The third-order valence-corrected chi connectivity index (χ3v) is 5.73. The lowest BCUT2D eigenvalue weighted by Gasteiger charge is -2.57. The summed E-state index contributed by atoms with van der Waals surface area (Å²) >= 11 is 0. The van der Waals surface area contributed by atoms with E-state index in [1.807, 2.05) is 32.9 Å². The fourth-order valence-electron chi connectivity index (χ4n) is 3.69. The van der Waals surface area contributed by atoms with Gasteiger partial charge in [-0.2, -0.15) is 0 Å². The maximum atomic E-state index is 12.8. The van der Waals surface area contributed by atoms with Gasteiger partial charge in [-0.3, -0.25) is 9.69 Å². The van der Waals surface area contributed by atoms with Gasteiger partial charge < -0.3 is 21.1 Å².